The van der Waals surface area contributed by atoms with E-state index in [0.29, 0.717) is 38.5 Å². The molecule has 0 aliphatic carbocycles. The summed E-state index contributed by atoms with van der Waals surface area (Å²) in [4.78, 5) is 26.7. The Morgan fingerprint density at radius 3 is 2.32 bits per heavy atom. The SMILES string of the molecule is CC(=O)CN1CCN(C(=O)Oc2ccccc2)CC1. The van der Waals surface area contributed by atoms with E-state index in [1.807, 2.05) is 18.2 Å². The lowest BCUT2D eigenvalue weighted by atomic mass is 10.3. The van der Waals surface area contributed by atoms with Gasteiger partial charge in [0.25, 0.3) is 0 Å². The topological polar surface area (TPSA) is 49.9 Å². The van der Waals surface area contributed by atoms with Gasteiger partial charge < -0.3 is 9.64 Å². The monoisotopic (exact) mass is 262 g/mol. The Morgan fingerprint density at radius 2 is 1.74 bits per heavy atom. The molecule has 19 heavy (non-hydrogen) atoms. The average molecular weight is 262 g/mol. The van der Waals surface area contributed by atoms with Crippen molar-refractivity contribution in [2.24, 2.45) is 0 Å². The minimum atomic E-state index is -0.325. The molecule has 1 aliphatic rings. The zero-order valence-electron chi connectivity index (χ0n) is 11.0. The van der Waals surface area contributed by atoms with Gasteiger partial charge in [-0.25, -0.2) is 4.79 Å². The van der Waals surface area contributed by atoms with Crippen LogP contribution in [0.25, 0.3) is 0 Å². The van der Waals surface area contributed by atoms with Crippen molar-refractivity contribution in [3.05, 3.63) is 30.3 Å². The summed E-state index contributed by atoms with van der Waals surface area (Å²) >= 11 is 0. The van der Waals surface area contributed by atoms with Gasteiger partial charge in [-0.3, -0.25) is 9.69 Å². The largest absolute Gasteiger partial charge is 0.415 e. The van der Waals surface area contributed by atoms with Crippen LogP contribution in [0.3, 0.4) is 0 Å². The molecule has 1 fully saturated rings. The van der Waals surface area contributed by atoms with Crippen molar-refractivity contribution < 1.29 is 14.3 Å². The molecule has 1 aromatic rings. The fraction of sp³-hybridized carbons (Fsp3) is 0.429. The maximum absolute atomic E-state index is 11.9. The first kappa shape index (κ1) is 13.5. The summed E-state index contributed by atoms with van der Waals surface area (Å²) in [6.07, 6.45) is -0.325. The average Bonchev–Trinajstić information content (AvgIpc) is 2.40. The van der Waals surface area contributed by atoms with Crippen LogP contribution in [-0.2, 0) is 4.79 Å². The number of para-hydroxylation sites is 1. The number of piperazine rings is 1. The zero-order valence-corrected chi connectivity index (χ0v) is 11.0. The molecule has 0 bridgehead atoms. The summed E-state index contributed by atoms with van der Waals surface area (Å²) in [5.41, 5.74) is 0. The Hall–Kier alpha value is -1.88. The van der Waals surface area contributed by atoms with Crippen LogP contribution in [0, 0.1) is 0 Å². The Balaban J connectivity index is 1.81. The Morgan fingerprint density at radius 1 is 1.11 bits per heavy atom. The van der Waals surface area contributed by atoms with E-state index in [4.69, 9.17) is 4.74 Å². The fourth-order valence-electron chi connectivity index (χ4n) is 2.06. The lowest BCUT2D eigenvalue weighted by molar-refractivity contribution is -0.118. The van der Waals surface area contributed by atoms with E-state index in [1.165, 1.54) is 0 Å². The highest BCUT2D eigenvalue weighted by molar-refractivity contribution is 5.77. The van der Waals surface area contributed by atoms with Gasteiger partial charge in [0.1, 0.15) is 11.5 Å². The Bertz CT molecular complexity index is 439. The molecule has 0 aromatic heterocycles. The zero-order chi connectivity index (χ0) is 13.7. The Kier molecular flexibility index (Phi) is 4.52. The molecule has 0 saturated carbocycles. The first-order valence-corrected chi connectivity index (χ1v) is 6.39. The van der Waals surface area contributed by atoms with Gasteiger partial charge >= 0.3 is 6.09 Å². The minimum Gasteiger partial charge on any atom is -0.410 e. The Labute approximate surface area is 112 Å². The molecule has 0 N–H and O–H groups in total. The van der Waals surface area contributed by atoms with Gasteiger partial charge in [0.2, 0.25) is 0 Å². The standard InChI is InChI=1S/C14H18N2O3/c1-12(17)11-15-7-9-16(10-8-15)14(18)19-13-5-3-2-4-6-13/h2-6H,7-11H2,1H3. The molecule has 1 aromatic carbocycles. The molecule has 102 valence electrons. The number of amides is 1. The van der Waals surface area contributed by atoms with Gasteiger partial charge in [-0.2, -0.15) is 0 Å². The van der Waals surface area contributed by atoms with E-state index in [2.05, 4.69) is 4.90 Å². The number of carbonyl (C=O) groups excluding carboxylic acids is 2. The molecule has 1 heterocycles. The van der Waals surface area contributed by atoms with Gasteiger partial charge in [0, 0.05) is 26.2 Å². The molecule has 1 aliphatic heterocycles. The van der Waals surface area contributed by atoms with Crippen LogP contribution < -0.4 is 4.74 Å². The number of rotatable bonds is 3. The second kappa shape index (κ2) is 6.33. The van der Waals surface area contributed by atoms with Gasteiger partial charge in [-0.1, -0.05) is 18.2 Å². The van der Waals surface area contributed by atoms with Crippen LogP contribution in [0.15, 0.2) is 30.3 Å². The van der Waals surface area contributed by atoms with Crippen molar-refractivity contribution in [2.45, 2.75) is 6.92 Å². The number of ether oxygens (including phenoxy) is 1. The molecule has 5 nitrogen and oxygen atoms in total. The minimum absolute atomic E-state index is 0.153. The number of hydrogen-bond acceptors (Lipinski definition) is 4. The van der Waals surface area contributed by atoms with Crippen LogP contribution in [0.4, 0.5) is 4.79 Å². The molecular weight excluding hydrogens is 244 g/mol. The smallest absolute Gasteiger partial charge is 0.410 e. The predicted molar refractivity (Wildman–Crippen MR) is 71.2 cm³/mol. The van der Waals surface area contributed by atoms with Gasteiger partial charge in [-0.05, 0) is 19.1 Å². The van der Waals surface area contributed by atoms with Crippen molar-refractivity contribution >= 4 is 11.9 Å². The number of hydrogen-bond donors (Lipinski definition) is 0. The van der Waals surface area contributed by atoms with Crippen molar-refractivity contribution in [1.82, 2.24) is 9.80 Å². The van der Waals surface area contributed by atoms with Crippen LogP contribution >= 0.6 is 0 Å². The van der Waals surface area contributed by atoms with Crippen molar-refractivity contribution in [1.29, 1.82) is 0 Å². The van der Waals surface area contributed by atoms with Crippen molar-refractivity contribution in [2.75, 3.05) is 32.7 Å². The maximum atomic E-state index is 11.9. The van der Waals surface area contributed by atoms with E-state index < -0.39 is 0 Å². The highest BCUT2D eigenvalue weighted by Crippen LogP contribution is 2.11. The van der Waals surface area contributed by atoms with Crippen LogP contribution in [0.2, 0.25) is 0 Å². The van der Waals surface area contributed by atoms with Crippen LogP contribution in [-0.4, -0.2) is 54.4 Å². The summed E-state index contributed by atoms with van der Waals surface area (Å²) in [5, 5.41) is 0. The highest BCUT2D eigenvalue weighted by Gasteiger charge is 2.22. The lowest BCUT2D eigenvalue weighted by Gasteiger charge is -2.33. The third kappa shape index (κ3) is 4.06. The molecule has 0 unspecified atom stereocenters. The first-order chi connectivity index (χ1) is 9.15. The summed E-state index contributed by atoms with van der Waals surface area (Å²) in [5.74, 6) is 0.707. The van der Waals surface area contributed by atoms with Gasteiger partial charge in [-0.15, -0.1) is 0 Å². The molecule has 1 amide bonds. The molecular formula is C14H18N2O3. The van der Waals surface area contributed by atoms with Gasteiger partial charge in [0.05, 0.1) is 6.54 Å². The normalized spacial score (nSPS) is 16.2. The molecule has 0 atom stereocenters. The summed E-state index contributed by atoms with van der Waals surface area (Å²) in [6.45, 7) is 4.66. The van der Waals surface area contributed by atoms with Crippen molar-refractivity contribution in [3.8, 4) is 5.75 Å². The number of nitrogens with zero attached hydrogens (tertiary/aromatic N) is 2. The first-order valence-electron chi connectivity index (χ1n) is 6.39. The number of Topliss-reactive ketones (excluding diaryl/α,β-unsaturated/α-hetero) is 1. The van der Waals surface area contributed by atoms with E-state index in [-0.39, 0.29) is 11.9 Å². The number of benzene rings is 1. The lowest BCUT2D eigenvalue weighted by Crippen LogP contribution is -2.50. The summed E-state index contributed by atoms with van der Waals surface area (Å²) in [6, 6.07) is 9.03. The predicted octanol–water partition coefficient (Wildman–Crippen LogP) is 1.39. The van der Waals surface area contributed by atoms with Crippen molar-refractivity contribution in [3.63, 3.8) is 0 Å². The van der Waals surface area contributed by atoms with E-state index in [0.717, 1.165) is 0 Å². The molecule has 0 radical (unpaired) electrons. The second-order valence-electron chi connectivity index (χ2n) is 4.65. The maximum Gasteiger partial charge on any atom is 0.415 e. The second-order valence-corrected chi connectivity index (χ2v) is 4.65. The molecule has 0 spiro atoms. The number of carbonyl (C=O) groups is 2. The quantitative estimate of drug-likeness (QED) is 0.826. The van der Waals surface area contributed by atoms with E-state index in [9.17, 15) is 9.59 Å². The summed E-state index contributed by atoms with van der Waals surface area (Å²) < 4.78 is 5.27. The third-order valence-electron chi connectivity index (χ3n) is 3.03. The van der Waals surface area contributed by atoms with E-state index >= 15 is 0 Å². The fourth-order valence-corrected chi connectivity index (χ4v) is 2.06. The molecule has 2 rings (SSSR count). The van der Waals surface area contributed by atoms with Gasteiger partial charge in [0.15, 0.2) is 0 Å². The highest BCUT2D eigenvalue weighted by atomic mass is 16.6. The number of ketones is 1. The molecule has 5 heteroatoms. The third-order valence-corrected chi connectivity index (χ3v) is 3.03. The van der Waals surface area contributed by atoms with E-state index in [1.54, 1.807) is 24.0 Å². The summed E-state index contributed by atoms with van der Waals surface area (Å²) in [7, 11) is 0. The van der Waals surface area contributed by atoms with Crippen LogP contribution in [0.5, 0.6) is 5.75 Å². The van der Waals surface area contributed by atoms with Crippen LogP contribution in [0.1, 0.15) is 6.92 Å². The molecule has 1 saturated heterocycles.